The van der Waals surface area contributed by atoms with Crippen molar-refractivity contribution in [1.82, 2.24) is 9.97 Å². The highest BCUT2D eigenvalue weighted by atomic mass is 16.2. The van der Waals surface area contributed by atoms with Gasteiger partial charge in [-0.15, -0.1) is 0 Å². The summed E-state index contributed by atoms with van der Waals surface area (Å²) < 4.78 is 0. The van der Waals surface area contributed by atoms with Crippen LogP contribution in [-0.4, -0.2) is 21.8 Å². The second-order valence-electron chi connectivity index (χ2n) is 3.22. The minimum Gasteiger partial charge on any atom is -0.261 e. The molecule has 0 spiro atoms. The van der Waals surface area contributed by atoms with Crippen LogP contribution in [0.15, 0.2) is 34.4 Å². The topological polar surface area (TPSA) is 84.6 Å². The first-order valence-corrected chi connectivity index (χ1v) is 4.51. The molecular formula is C10H4N4O2. The lowest BCUT2D eigenvalue weighted by atomic mass is 10.3. The molecule has 0 N–H and O–H groups in total. The Hall–Kier alpha value is -2.50. The summed E-state index contributed by atoms with van der Waals surface area (Å²) in [6.45, 7) is 0. The average molecular weight is 212 g/mol. The summed E-state index contributed by atoms with van der Waals surface area (Å²) in [7, 11) is 0. The predicted molar refractivity (Wildman–Crippen MR) is 51.9 cm³/mol. The van der Waals surface area contributed by atoms with Crippen molar-refractivity contribution in [3.8, 4) is 0 Å². The van der Waals surface area contributed by atoms with E-state index in [2.05, 4.69) is 20.0 Å². The van der Waals surface area contributed by atoms with E-state index < -0.39 is 11.8 Å². The fraction of sp³-hybridized carbons (Fsp3) is 0. The Morgan fingerprint density at radius 3 is 2.75 bits per heavy atom. The first-order chi connectivity index (χ1) is 7.74. The molecule has 3 heterocycles. The van der Waals surface area contributed by atoms with E-state index in [1.807, 2.05) is 0 Å². The van der Waals surface area contributed by atoms with Gasteiger partial charge in [-0.05, 0) is 18.2 Å². The number of carbonyl (C=O) groups is 2. The zero-order valence-corrected chi connectivity index (χ0v) is 7.91. The molecular weight excluding hydrogens is 208 g/mol. The second-order valence-corrected chi connectivity index (χ2v) is 3.22. The predicted octanol–water partition coefficient (Wildman–Crippen LogP) is -1.06. The highest BCUT2D eigenvalue weighted by Crippen LogP contribution is 2.02. The quantitative estimate of drug-likeness (QED) is 0.521. The van der Waals surface area contributed by atoms with E-state index in [1.165, 1.54) is 0 Å². The van der Waals surface area contributed by atoms with Crippen molar-refractivity contribution in [2.75, 3.05) is 0 Å². The Balaban J connectivity index is 2.50. The Bertz CT molecular complexity index is 686. The van der Waals surface area contributed by atoms with Crippen LogP contribution >= 0.6 is 0 Å². The van der Waals surface area contributed by atoms with Crippen LogP contribution in [0.3, 0.4) is 0 Å². The molecule has 0 radical (unpaired) electrons. The Morgan fingerprint density at radius 1 is 1.06 bits per heavy atom. The van der Waals surface area contributed by atoms with Crippen molar-refractivity contribution in [1.29, 1.82) is 0 Å². The SMILES string of the molecule is O=C1N=c2cc3cccnc3nc2=NC1=O. The summed E-state index contributed by atoms with van der Waals surface area (Å²) in [6, 6.07) is 5.19. The van der Waals surface area contributed by atoms with Crippen molar-refractivity contribution >= 4 is 22.8 Å². The number of hydrogen-bond acceptors (Lipinski definition) is 4. The maximum atomic E-state index is 11.0. The largest absolute Gasteiger partial charge is 0.339 e. The smallest absolute Gasteiger partial charge is 0.261 e. The molecule has 16 heavy (non-hydrogen) atoms. The molecule has 2 aromatic heterocycles. The second kappa shape index (κ2) is 2.99. The van der Waals surface area contributed by atoms with E-state index in [4.69, 9.17) is 0 Å². The van der Waals surface area contributed by atoms with Gasteiger partial charge in [0.15, 0.2) is 11.1 Å². The standard InChI is InChI=1S/C10H4N4O2/c15-9-10(16)14-8-6(12-9)4-5-2-1-3-11-7(5)13-8/h1-4H. The first-order valence-electron chi connectivity index (χ1n) is 4.51. The number of carbonyl (C=O) groups excluding carboxylic acids is 2. The van der Waals surface area contributed by atoms with Gasteiger partial charge >= 0.3 is 11.8 Å². The maximum Gasteiger partial charge on any atom is 0.339 e. The molecule has 2 amide bonds. The van der Waals surface area contributed by atoms with E-state index >= 15 is 0 Å². The Kier molecular flexibility index (Phi) is 1.64. The lowest BCUT2D eigenvalue weighted by molar-refractivity contribution is -0.135. The third kappa shape index (κ3) is 1.20. The monoisotopic (exact) mass is 212 g/mol. The van der Waals surface area contributed by atoms with Gasteiger partial charge in [0.25, 0.3) is 0 Å². The van der Waals surface area contributed by atoms with E-state index in [9.17, 15) is 9.59 Å². The fourth-order valence-corrected chi connectivity index (χ4v) is 1.45. The Labute approximate surface area is 88.4 Å². The molecule has 6 heteroatoms. The molecule has 1 aliphatic heterocycles. The molecule has 76 valence electrons. The van der Waals surface area contributed by atoms with Gasteiger partial charge in [0.2, 0.25) is 0 Å². The highest BCUT2D eigenvalue weighted by Gasteiger charge is 2.16. The number of amides is 2. The zero-order chi connectivity index (χ0) is 11.1. The van der Waals surface area contributed by atoms with Crippen molar-refractivity contribution < 1.29 is 9.59 Å². The van der Waals surface area contributed by atoms with Crippen LogP contribution in [0.2, 0.25) is 0 Å². The van der Waals surface area contributed by atoms with Gasteiger partial charge in [0.1, 0.15) is 5.36 Å². The van der Waals surface area contributed by atoms with Gasteiger partial charge in [-0.2, -0.15) is 4.99 Å². The van der Waals surface area contributed by atoms with Gasteiger partial charge in [0.05, 0.1) is 0 Å². The van der Waals surface area contributed by atoms with Crippen molar-refractivity contribution in [2.24, 2.45) is 9.98 Å². The first kappa shape index (κ1) is 8.78. The summed E-state index contributed by atoms with van der Waals surface area (Å²) in [5.41, 5.74) is 0.623. The molecule has 0 aliphatic carbocycles. The molecule has 2 aromatic rings. The van der Waals surface area contributed by atoms with E-state index in [1.54, 1.807) is 24.4 Å². The molecule has 6 nitrogen and oxygen atoms in total. The van der Waals surface area contributed by atoms with Crippen molar-refractivity contribution in [3.63, 3.8) is 0 Å². The van der Waals surface area contributed by atoms with Crippen LogP contribution in [0.5, 0.6) is 0 Å². The molecule has 0 atom stereocenters. The summed E-state index contributed by atoms with van der Waals surface area (Å²) in [6.07, 6.45) is 1.59. The van der Waals surface area contributed by atoms with E-state index in [-0.39, 0.29) is 5.49 Å². The maximum absolute atomic E-state index is 11.0. The third-order valence-electron chi connectivity index (χ3n) is 2.16. The summed E-state index contributed by atoms with van der Waals surface area (Å²) in [5.74, 6) is -1.76. The summed E-state index contributed by atoms with van der Waals surface area (Å²) in [5, 5.41) is 1.06. The van der Waals surface area contributed by atoms with Crippen molar-refractivity contribution in [3.05, 3.63) is 35.2 Å². The van der Waals surface area contributed by atoms with Crippen LogP contribution < -0.4 is 10.8 Å². The van der Waals surface area contributed by atoms with E-state index in [0.29, 0.717) is 11.0 Å². The highest BCUT2D eigenvalue weighted by molar-refractivity contribution is 6.36. The number of hydrogen-bond donors (Lipinski definition) is 0. The fourth-order valence-electron chi connectivity index (χ4n) is 1.45. The lowest BCUT2D eigenvalue weighted by Gasteiger charge is -1.98. The van der Waals surface area contributed by atoms with Gasteiger partial charge in [0, 0.05) is 11.6 Å². The normalized spacial score (nSPS) is 14.2. The van der Waals surface area contributed by atoms with Crippen LogP contribution in [0, 0.1) is 0 Å². The molecule has 1 aliphatic rings. The molecule has 0 unspecified atom stereocenters. The van der Waals surface area contributed by atoms with Crippen LogP contribution in [0.1, 0.15) is 0 Å². The molecule has 0 fully saturated rings. The minimum atomic E-state index is -0.893. The molecule has 3 rings (SSSR count). The number of pyridine rings is 2. The number of rotatable bonds is 0. The number of nitrogens with zero attached hydrogens (tertiary/aromatic N) is 4. The van der Waals surface area contributed by atoms with Crippen molar-refractivity contribution in [2.45, 2.75) is 0 Å². The van der Waals surface area contributed by atoms with Crippen LogP contribution in [0.4, 0.5) is 0 Å². The zero-order valence-electron chi connectivity index (χ0n) is 7.91. The lowest BCUT2D eigenvalue weighted by Crippen LogP contribution is -2.36. The molecule has 0 saturated heterocycles. The third-order valence-corrected chi connectivity index (χ3v) is 2.16. The van der Waals surface area contributed by atoms with Crippen LogP contribution in [-0.2, 0) is 9.59 Å². The summed E-state index contributed by atoms with van der Waals surface area (Å²) >= 11 is 0. The molecule has 0 saturated carbocycles. The molecule has 0 aromatic carbocycles. The molecule has 0 bridgehead atoms. The average Bonchev–Trinajstić information content (AvgIpc) is 2.28. The van der Waals surface area contributed by atoms with Gasteiger partial charge in [-0.1, -0.05) is 0 Å². The Morgan fingerprint density at radius 2 is 1.88 bits per heavy atom. The number of aromatic nitrogens is 2. The van der Waals surface area contributed by atoms with Gasteiger partial charge in [-0.3, -0.25) is 9.59 Å². The van der Waals surface area contributed by atoms with Gasteiger partial charge < -0.3 is 0 Å². The van der Waals surface area contributed by atoms with E-state index in [0.717, 1.165) is 5.39 Å². The minimum absolute atomic E-state index is 0.149. The summed E-state index contributed by atoms with van der Waals surface area (Å²) in [4.78, 5) is 37.3. The van der Waals surface area contributed by atoms with Crippen LogP contribution in [0.25, 0.3) is 11.0 Å². The van der Waals surface area contributed by atoms with Gasteiger partial charge in [-0.25, -0.2) is 15.0 Å². The number of fused-ring (bicyclic) bond motifs is 2.